The summed E-state index contributed by atoms with van der Waals surface area (Å²) in [7, 11) is 0. The fourth-order valence-electron chi connectivity index (χ4n) is 2.27. The van der Waals surface area contributed by atoms with Gasteiger partial charge in [0, 0.05) is 5.56 Å². The zero-order chi connectivity index (χ0) is 19.4. The number of nitrogens with one attached hydrogen (secondary N) is 1. The van der Waals surface area contributed by atoms with E-state index in [1.165, 1.54) is 30.3 Å². The van der Waals surface area contributed by atoms with E-state index in [2.05, 4.69) is 14.1 Å². The van der Waals surface area contributed by atoms with Crippen molar-refractivity contribution in [1.29, 1.82) is 0 Å². The van der Waals surface area contributed by atoms with Gasteiger partial charge in [-0.15, -0.1) is 0 Å². The van der Waals surface area contributed by atoms with Crippen LogP contribution in [-0.2, 0) is 12.8 Å². The number of carbonyl (C=O) groups is 1. The maximum absolute atomic E-state index is 13.0. The molecular weight excluding hydrogens is 379 g/mol. The molecule has 0 fully saturated rings. The molecule has 2 aromatic carbocycles. The lowest BCUT2D eigenvalue weighted by Gasteiger charge is -2.13. The predicted molar refractivity (Wildman–Crippen MR) is 94.8 cm³/mol. The highest BCUT2D eigenvalue weighted by Crippen LogP contribution is 2.34. The van der Waals surface area contributed by atoms with E-state index in [9.17, 15) is 18.0 Å². The van der Waals surface area contributed by atoms with E-state index in [0.717, 1.165) is 29.2 Å². The monoisotopic (exact) mass is 393 g/mol. The Hall–Kier alpha value is -2.94. The quantitative estimate of drug-likeness (QED) is 0.683. The Balaban J connectivity index is 1.67. The highest BCUT2D eigenvalue weighted by atomic mass is 32.1. The number of aryl methyl sites for hydroxylation is 1. The Morgan fingerprint density at radius 1 is 1.11 bits per heavy atom. The highest BCUT2D eigenvalue weighted by molar-refractivity contribution is 6.99. The molecule has 0 saturated heterocycles. The Morgan fingerprint density at radius 2 is 1.81 bits per heavy atom. The lowest BCUT2D eigenvalue weighted by atomic mass is 10.1. The number of alkyl halides is 3. The molecule has 3 aromatic rings. The number of ether oxygens (including phenoxy) is 1. The zero-order valence-corrected chi connectivity index (χ0v) is 14.9. The summed E-state index contributed by atoms with van der Waals surface area (Å²) in [6, 6.07) is 10.9. The molecule has 1 heterocycles. The highest BCUT2D eigenvalue weighted by Gasteiger charge is 2.33. The number of amides is 1. The minimum atomic E-state index is -4.55. The van der Waals surface area contributed by atoms with Gasteiger partial charge in [0.2, 0.25) is 0 Å². The molecule has 140 valence electrons. The predicted octanol–water partition coefficient (Wildman–Crippen LogP) is 4.70. The third kappa shape index (κ3) is 4.62. The first kappa shape index (κ1) is 18.8. The summed E-state index contributed by atoms with van der Waals surface area (Å²) in [5.41, 5.74) is 0.545. The number of anilines is 1. The van der Waals surface area contributed by atoms with Crippen LogP contribution in [0.4, 0.5) is 18.9 Å². The molecule has 0 radical (unpaired) electrons. The summed E-state index contributed by atoms with van der Waals surface area (Å²) in [6.07, 6.45) is -4.55. The van der Waals surface area contributed by atoms with E-state index >= 15 is 0 Å². The van der Waals surface area contributed by atoms with Crippen LogP contribution in [0.2, 0.25) is 0 Å². The topological polar surface area (TPSA) is 64.1 Å². The average Bonchev–Trinajstić information content (AvgIpc) is 3.05. The molecule has 0 aliphatic carbocycles. The van der Waals surface area contributed by atoms with Gasteiger partial charge in [-0.25, -0.2) is 0 Å². The average molecular weight is 393 g/mol. The molecule has 5 nitrogen and oxygen atoms in total. The lowest BCUT2D eigenvalue weighted by Crippen LogP contribution is -2.16. The summed E-state index contributed by atoms with van der Waals surface area (Å²) in [5, 5.41) is 2.30. The minimum Gasteiger partial charge on any atom is -0.487 e. The van der Waals surface area contributed by atoms with Crippen molar-refractivity contribution in [2.45, 2.75) is 19.7 Å². The van der Waals surface area contributed by atoms with Crippen LogP contribution >= 0.6 is 11.7 Å². The lowest BCUT2D eigenvalue weighted by molar-refractivity contribution is -0.136. The zero-order valence-electron chi connectivity index (χ0n) is 14.1. The number of para-hydroxylation sites is 1. The molecule has 0 saturated carbocycles. The molecule has 1 N–H and O–H groups in total. The van der Waals surface area contributed by atoms with Gasteiger partial charge in [-0.2, -0.15) is 21.9 Å². The fraction of sp³-hybridized carbons (Fsp3) is 0.167. The first-order chi connectivity index (χ1) is 12.8. The van der Waals surface area contributed by atoms with E-state index in [0.29, 0.717) is 5.75 Å². The largest absolute Gasteiger partial charge is 0.487 e. The first-order valence-corrected chi connectivity index (χ1v) is 8.56. The molecule has 3 rings (SSSR count). The van der Waals surface area contributed by atoms with Crippen molar-refractivity contribution >= 4 is 23.3 Å². The Labute approximate surface area is 157 Å². The van der Waals surface area contributed by atoms with E-state index in [4.69, 9.17) is 4.74 Å². The van der Waals surface area contributed by atoms with Crippen molar-refractivity contribution in [3.05, 3.63) is 71.0 Å². The molecule has 0 atom stereocenters. The van der Waals surface area contributed by atoms with Gasteiger partial charge in [0.15, 0.2) is 0 Å². The van der Waals surface area contributed by atoms with Crippen molar-refractivity contribution in [1.82, 2.24) is 8.75 Å². The van der Waals surface area contributed by atoms with Gasteiger partial charge in [-0.05, 0) is 43.3 Å². The standard InChI is InChI=1S/C18H14F3N3O2S/c1-11-16(24-27-23-11)10-26-13-8-6-12(7-9-13)17(25)22-15-5-3-2-4-14(15)18(19,20)21/h2-9H,10H2,1H3,(H,22,25). The van der Waals surface area contributed by atoms with Gasteiger partial charge in [0.05, 0.1) is 28.7 Å². The summed E-state index contributed by atoms with van der Waals surface area (Å²) in [5.74, 6) is -0.132. The third-order valence-corrected chi connectivity index (χ3v) is 4.38. The van der Waals surface area contributed by atoms with Crippen LogP contribution in [0.3, 0.4) is 0 Å². The Kier molecular flexibility index (Phi) is 5.41. The maximum Gasteiger partial charge on any atom is 0.418 e. The Morgan fingerprint density at radius 3 is 2.44 bits per heavy atom. The van der Waals surface area contributed by atoms with Crippen molar-refractivity contribution in [3.8, 4) is 5.75 Å². The fourth-order valence-corrected chi connectivity index (χ4v) is 2.82. The summed E-state index contributed by atoms with van der Waals surface area (Å²) >= 11 is 1.10. The van der Waals surface area contributed by atoms with Gasteiger partial charge in [-0.3, -0.25) is 4.79 Å². The van der Waals surface area contributed by atoms with Gasteiger partial charge in [0.25, 0.3) is 5.91 Å². The van der Waals surface area contributed by atoms with Crippen molar-refractivity contribution < 1.29 is 22.7 Å². The van der Waals surface area contributed by atoms with Crippen LogP contribution in [-0.4, -0.2) is 14.7 Å². The molecule has 27 heavy (non-hydrogen) atoms. The van der Waals surface area contributed by atoms with Crippen LogP contribution in [0.25, 0.3) is 0 Å². The number of benzene rings is 2. The molecule has 0 aliphatic heterocycles. The van der Waals surface area contributed by atoms with Crippen LogP contribution in [0, 0.1) is 6.92 Å². The minimum absolute atomic E-state index is 0.214. The number of halogens is 3. The number of hydrogen-bond donors (Lipinski definition) is 1. The van der Waals surface area contributed by atoms with E-state index < -0.39 is 17.6 Å². The molecule has 1 aromatic heterocycles. The molecular formula is C18H14F3N3O2S. The molecule has 0 aliphatic rings. The second-order valence-electron chi connectivity index (χ2n) is 5.61. The molecule has 0 unspecified atom stereocenters. The van der Waals surface area contributed by atoms with Crippen molar-refractivity contribution in [2.75, 3.05) is 5.32 Å². The van der Waals surface area contributed by atoms with Crippen LogP contribution < -0.4 is 10.1 Å². The van der Waals surface area contributed by atoms with Gasteiger partial charge < -0.3 is 10.1 Å². The Bertz CT molecular complexity index is 940. The summed E-state index contributed by atoms with van der Waals surface area (Å²) in [6.45, 7) is 2.07. The van der Waals surface area contributed by atoms with Crippen LogP contribution in [0.15, 0.2) is 48.5 Å². The maximum atomic E-state index is 13.0. The third-order valence-electron chi connectivity index (χ3n) is 3.72. The second-order valence-corrected chi connectivity index (χ2v) is 6.14. The van der Waals surface area contributed by atoms with Crippen LogP contribution in [0.5, 0.6) is 5.75 Å². The molecule has 0 bridgehead atoms. The summed E-state index contributed by atoms with van der Waals surface area (Å²) < 4.78 is 52.7. The SMILES string of the molecule is Cc1nsnc1COc1ccc(C(=O)Nc2ccccc2C(F)(F)F)cc1. The number of rotatable bonds is 5. The van der Waals surface area contributed by atoms with E-state index in [1.54, 1.807) is 12.1 Å². The number of hydrogen-bond acceptors (Lipinski definition) is 5. The van der Waals surface area contributed by atoms with Crippen LogP contribution in [0.1, 0.15) is 27.3 Å². The van der Waals surface area contributed by atoms with Gasteiger partial charge in [-0.1, -0.05) is 12.1 Å². The number of nitrogens with zero attached hydrogens (tertiary/aromatic N) is 2. The smallest absolute Gasteiger partial charge is 0.418 e. The molecule has 0 spiro atoms. The number of carbonyl (C=O) groups excluding carboxylic acids is 1. The molecule has 1 amide bonds. The first-order valence-electron chi connectivity index (χ1n) is 7.83. The van der Waals surface area contributed by atoms with Gasteiger partial charge >= 0.3 is 6.18 Å². The second kappa shape index (κ2) is 7.75. The number of aromatic nitrogens is 2. The molecule has 9 heteroatoms. The normalized spacial score (nSPS) is 11.3. The van der Waals surface area contributed by atoms with Crippen molar-refractivity contribution in [2.24, 2.45) is 0 Å². The van der Waals surface area contributed by atoms with Gasteiger partial charge in [0.1, 0.15) is 18.1 Å². The van der Waals surface area contributed by atoms with E-state index in [-0.39, 0.29) is 17.9 Å². The summed E-state index contributed by atoms with van der Waals surface area (Å²) in [4.78, 5) is 12.3. The van der Waals surface area contributed by atoms with E-state index in [1.807, 2.05) is 6.92 Å². The van der Waals surface area contributed by atoms with Crippen molar-refractivity contribution in [3.63, 3.8) is 0 Å².